The smallest absolute Gasteiger partial charge is 0.305 e. The Morgan fingerprint density at radius 3 is 1.82 bits per heavy atom. The van der Waals surface area contributed by atoms with Gasteiger partial charge in [-0.25, -0.2) is 0 Å². The van der Waals surface area contributed by atoms with Crippen molar-refractivity contribution < 1.29 is 47.7 Å². The quantitative estimate of drug-likeness (QED) is 0.440. The van der Waals surface area contributed by atoms with Gasteiger partial charge in [0.25, 0.3) is 0 Å². The molecular weight excluding hydrogens is 378 g/mol. The number of hydrogen-bond donors (Lipinski definition) is 1. The molecule has 1 N–H and O–H groups in total. The first-order valence-electron chi connectivity index (χ1n) is 8.65. The zero-order valence-corrected chi connectivity index (χ0v) is 16.4. The molecule has 0 aromatic carbocycles. The van der Waals surface area contributed by atoms with Gasteiger partial charge in [-0.15, -0.1) is 0 Å². The molecule has 1 aliphatic heterocycles. The SMILES string of the molecule is CCC(=O)N[C@H]1[C@@H](OC(C)=O)O[C@@H](COC(C)=O)[C@@H](OC(C)=O)[C@H]1OC(C)=O. The van der Waals surface area contributed by atoms with Crippen LogP contribution in [0, 0.1) is 0 Å². The molecule has 1 saturated heterocycles. The monoisotopic (exact) mass is 403 g/mol. The largest absolute Gasteiger partial charge is 0.463 e. The highest BCUT2D eigenvalue weighted by Gasteiger charge is 2.52. The van der Waals surface area contributed by atoms with E-state index >= 15 is 0 Å². The average molecular weight is 403 g/mol. The van der Waals surface area contributed by atoms with Crippen LogP contribution < -0.4 is 5.32 Å². The molecule has 0 radical (unpaired) electrons. The Balaban J connectivity index is 3.31. The van der Waals surface area contributed by atoms with Crippen molar-refractivity contribution in [3.05, 3.63) is 0 Å². The zero-order chi connectivity index (χ0) is 21.4. The Morgan fingerprint density at radius 2 is 1.36 bits per heavy atom. The summed E-state index contributed by atoms with van der Waals surface area (Å²) in [4.78, 5) is 57.8. The van der Waals surface area contributed by atoms with Crippen molar-refractivity contribution in [1.82, 2.24) is 5.32 Å². The van der Waals surface area contributed by atoms with Gasteiger partial charge in [-0.1, -0.05) is 6.92 Å². The molecule has 1 heterocycles. The standard InChI is InChI=1S/C17H25NO10/c1-6-13(23)18-14-16(26-10(4)21)15(25-9(3)20)12(7-24-8(2)19)28-17(14)27-11(5)22/h12,14-17H,6-7H2,1-5H3,(H,18,23)/t12-,14+,15+,16-,17-/m0/s1. The Kier molecular flexibility index (Phi) is 8.83. The Hall–Kier alpha value is -2.69. The summed E-state index contributed by atoms with van der Waals surface area (Å²) in [5.74, 6) is -3.24. The van der Waals surface area contributed by atoms with E-state index in [2.05, 4.69) is 5.32 Å². The van der Waals surface area contributed by atoms with Gasteiger partial charge in [-0.3, -0.25) is 24.0 Å². The van der Waals surface area contributed by atoms with Crippen molar-refractivity contribution in [2.75, 3.05) is 6.61 Å². The molecule has 5 atom stereocenters. The van der Waals surface area contributed by atoms with Crippen LogP contribution in [0.3, 0.4) is 0 Å². The van der Waals surface area contributed by atoms with E-state index in [-0.39, 0.29) is 13.0 Å². The summed E-state index contributed by atoms with van der Waals surface area (Å²) in [5, 5.41) is 2.55. The van der Waals surface area contributed by atoms with Crippen molar-refractivity contribution in [1.29, 1.82) is 0 Å². The zero-order valence-electron chi connectivity index (χ0n) is 16.4. The first-order valence-corrected chi connectivity index (χ1v) is 8.65. The predicted molar refractivity (Wildman–Crippen MR) is 90.4 cm³/mol. The van der Waals surface area contributed by atoms with Gasteiger partial charge >= 0.3 is 23.9 Å². The Morgan fingerprint density at radius 1 is 0.821 bits per heavy atom. The lowest BCUT2D eigenvalue weighted by Crippen LogP contribution is -2.66. The first kappa shape index (κ1) is 23.3. The lowest BCUT2D eigenvalue weighted by atomic mass is 9.96. The topological polar surface area (TPSA) is 144 Å². The van der Waals surface area contributed by atoms with Gasteiger partial charge in [0, 0.05) is 34.1 Å². The number of ether oxygens (including phenoxy) is 5. The minimum atomic E-state index is -1.37. The highest BCUT2D eigenvalue weighted by atomic mass is 16.7. The second-order valence-electron chi connectivity index (χ2n) is 6.05. The minimum Gasteiger partial charge on any atom is -0.463 e. The van der Waals surface area contributed by atoms with Crippen molar-refractivity contribution in [2.24, 2.45) is 0 Å². The lowest BCUT2D eigenvalue weighted by molar-refractivity contribution is -0.271. The fourth-order valence-corrected chi connectivity index (χ4v) is 2.61. The van der Waals surface area contributed by atoms with Crippen LogP contribution in [0.15, 0.2) is 0 Å². The summed E-state index contributed by atoms with van der Waals surface area (Å²) in [7, 11) is 0. The van der Waals surface area contributed by atoms with E-state index in [4.69, 9.17) is 23.7 Å². The maximum absolute atomic E-state index is 11.9. The molecule has 11 heteroatoms. The summed E-state index contributed by atoms with van der Waals surface area (Å²) in [5.41, 5.74) is 0. The maximum Gasteiger partial charge on any atom is 0.305 e. The third-order valence-electron chi connectivity index (χ3n) is 3.63. The third kappa shape index (κ3) is 7.14. The van der Waals surface area contributed by atoms with E-state index in [9.17, 15) is 24.0 Å². The number of carbonyl (C=O) groups is 5. The van der Waals surface area contributed by atoms with Gasteiger partial charge in [0.15, 0.2) is 12.2 Å². The molecule has 0 aliphatic carbocycles. The van der Waals surface area contributed by atoms with Gasteiger partial charge in [-0.2, -0.15) is 0 Å². The molecule has 0 unspecified atom stereocenters. The van der Waals surface area contributed by atoms with Gasteiger partial charge in [0.05, 0.1) is 0 Å². The maximum atomic E-state index is 11.9. The average Bonchev–Trinajstić information content (AvgIpc) is 2.56. The second kappa shape index (κ2) is 10.6. The van der Waals surface area contributed by atoms with Gasteiger partial charge in [0.1, 0.15) is 18.8 Å². The molecular formula is C17H25NO10. The first-order chi connectivity index (χ1) is 13.0. The molecule has 0 spiro atoms. The van der Waals surface area contributed by atoms with Gasteiger partial charge < -0.3 is 29.0 Å². The third-order valence-corrected chi connectivity index (χ3v) is 3.63. The van der Waals surface area contributed by atoms with Crippen molar-refractivity contribution in [2.45, 2.75) is 71.7 Å². The molecule has 1 aliphatic rings. The number of esters is 4. The molecule has 0 aromatic heterocycles. The highest BCUT2D eigenvalue weighted by Crippen LogP contribution is 2.28. The van der Waals surface area contributed by atoms with E-state index in [1.54, 1.807) is 6.92 Å². The molecule has 28 heavy (non-hydrogen) atoms. The normalized spacial score (nSPS) is 26.5. The van der Waals surface area contributed by atoms with Crippen molar-refractivity contribution >= 4 is 29.8 Å². The number of amides is 1. The van der Waals surface area contributed by atoms with Crippen LogP contribution in [-0.4, -0.2) is 67.0 Å². The number of rotatable bonds is 7. The van der Waals surface area contributed by atoms with Crippen LogP contribution >= 0.6 is 0 Å². The summed E-state index contributed by atoms with van der Waals surface area (Å²) in [6, 6.07) is -1.15. The predicted octanol–water partition coefficient (Wildman–Crippen LogP) is -0.404. The molecule has 1 amide bonds. The van der Waals surface area contributed by atoms with Crippen molar-refractivity contribution in [3.63, 3.8) is 0 Å². The molecule has 0 aromatic rings. The number of hydrogen-bond acceptors (Lipinski definition) is 10. The summed E-state index contributed by atoms with van der Waals surface area (Å²) < 4.78 is 26.1. The lowest BCUT2D eigenvalue weighted by Gasteiger charge is -2.44. The fourth-order valence-electron chi connectivity index (χ4n) is 2.61. The summed E-state index contributed by atoms with van der Waals surface area (Å²) in [6.45, 7) is 5.78. The van der Waals surface area contributed by atoms with E-state index in [1.807, 2.05) is 0 Å². The molecule has 1 rings (SSSR count). The number of carbonyl (C=O) groups excluding carboxylic acids is 5. The van der Waals surface area contributed by atoms with Gasteiger partial charge in [0.2, 0.25) is 12.2 Å². The van der Waals surface area contributed by atoms with Crippen LogP contribution in [0.2, 0.25) is 0 Å². The van der Waals surface area contributed by atoms with Crippen LogP contribution in [0.4, 0.5) is 0 Å². The van der Waals surface area contributed by atoms with Crippen LogP contribution in [0.1, 0.15) is 41.0 Å². The van der Waals surface area contributed by atoms with E-state index in [0.717, 1.165) is 20.8 Å². The molecule has 0 saturated carbocycles. The minimum absolute atomic E-state index is 0.0885. The van der Waals surface area contributed by atoms with E-state index in [0.29, 0.717) is 0 Å². The summed E-state index contributed by atoms with van der Waals surface area (Å²) in [6.07, 6.45) is -4.88. The van der Waals surface area contributed by atoms with E-state index in [1.165, 1.54) is 6.92 Å². The number of nitrogens with one attached hydrogen (secondary N) is 1. The van der Waals surface area contributed by atoms with Crippen LogP contribution in [0.25, 0.3) is 0 Å². The second-order valence-corrected chi connectivity index (χ2v) is 6.05. The molecule has 11 nitrogen and oxygen atoms in total. The Bertz CT molecular complexity index is 619. The van der Waals surface area contributed by atoms with Gasteiger partial charge in [-0.05, 0) is 0 Å². The van der Waals surface area contributed by atoms with Crippen LogP contribution in [-0.2, 0) is 47.7 Å². The van der Waals surface area contributed by atoms with E-state index < -0.39 is 60.4 Å². The Labute approximate surface area is 161 Å². The molecule has 0 bridgehead atoms. The highest BCUT2D eigenvalue weighted by molar-refractivity contribution is 5.76. The molecule has 158 valence electrons. The summed E-state index contributed by atoms with van der Waals surface area (Å²) >= 11 is 0. The fraction of sp³-hybridized carbons (Fsp3) is 0.706. The van der Waals surface area contributed by atoms with Crippen molar-refractivity contribution in [3.8, 4) is 0 Å². The van der Waals surface area contributed by atoms with Crippen LogP contribution in [0.5, 0.6) is 0 Å². The molecule has 1 fully saturated rings.